The minimum Gasteiger partial charge on any atom is -0.363 e. The smallest absolute Gasteiger partial charge is 0.191 e. The number of thiophene rings is 1. The van der Waals surface area contributed by atoms with Crippen LogP contribution in [0.25, 0.3) is 0 Å². The molecule has 1 saturated heterocycles. The molecule has 25 heavy (non-hydrogen) atoms. The molecular weight excluding hydrogens is 467 g/mol. The fourth-order valence-corrected chi connectivity index (χ4v) is 3.89. The first kappa shape index (κ1) is 20.3. The Bertz CT molecular complexity index is 669. The molecule has 0 atom stereocenters. The van der Waals surface area contributed by atoms with Gasteiger partial charge in [0, 0.05) is 37.7 Å². The molecule has 1 aliphatic rings. The molecule has 0 amide bonds. The van der Waals surface area contributed by atoms with Crippen LogP contribution < -0.4 is 15.5 Å². The standard InChI is InChI=1S/C18H23ClN4S.HI/c1-20-18(21-13-14-5-2-3-6-16(14)19)22-15-8-10-23(11-9-15)17-7-4-12-24-17;/h2-7,12,15H,8-11,13H2,1H3,(H2,20,21,22);1H. The van der Waals surface area contributed by atoms with Gasteiger partial charge < -0.3 is 15.5 Å². The second kappa shape index (κ2) is 10.2. The van der Waals surface area contributed by atoms with Crippen molar-refractivity contribution in [2.45, 2.75) is 25.4 Å². The number of nitrogens with one attached hydrogen (secondary N) is 2. The maximum Gasteiger partial charge on any atom is 0.191 e. The Morgan fingerprint density at radius 3 is 2.64 bits per heavy atom. The molecule has 1 fully saturated rings. The Hall–Kier alpha value is -0.990. The highest BCUT2D eigenvalue weighted by Crippen LogP contribution is 2.24. The van der Waals surface area contributed by atoms with E-state index in [9.17, 15) is 0 Å². The third kappa shape index (κ3) is 5.76. The van der Waals surface area contributed by atoms with Crippen LogP contribution in [0.2, 0.25) is 5.02 Å². The molecule has 3 rings (SSSR count). The molecule has 0 radical (unpaired) electrons. The van der Waals surface area contributed by atoms with Crippen molar-refractivity contribution in [3.8, 4) is 0 Å². The summed E-state index contributed by atoms with van der Waals surface area (Å²) in [5, 5.41) is 11.2. The Labute approximate surface area is 175 Å². The van der Waals surface area contributed by atoms with Crippen molar-refractivity contribution in [2.24, 2.45) is 4.99 Å². The van der Waals surface area contributed by atoms with Gasteiger partial charge in [0.1, 0.15) is 0 Å². The zero-order valence-corrected chi connectivity index (χ0v) is 18.1. The lowest BCUT2D eigenvalue weighted by Crippen LogP contribution is -2.48. The first-order valence-corrected chi connectivity index (χ1v) is 9.51. The highest BCUT2D eigenvalue weighted by Gasteiger charge is 2.20. The van der Waals surface area contributed by atoms with E-state index in [1.807, 2.05) is 42.6 Å². The van der Waals surface area contributed by atoms with Crippen molar-refractivity contribution < 1.29 is 0 Å². The molecule has 136 valence electrons. The summed E-state index contributed by atoms with van der Waals surface area (Å²) in [4.78, 5) is 6.80. The van der Waals surface area contributed by atoms with Crippen LogP contribution in [0.3, 0.4) is 0 Å². The number of rotatable bonds is 4. The van der Waals surface area contributed by atoms with Crippen LogP contribution in [0.4, 0.5) is 5.00 Å². The predicted octanol–water partition coefficient (Wildman–Crippen LogP) is 4.35. The van der Waals surface area contributed by atoms with E-state index < -0.39 is 0 Å². The number of aliphatic imine (C=N–C) groups is 1. The van der Waals surface area contributed by atoms with Gasteiger partial charge in [-0.2, -0.15) is 0 Å². The number of halogens is 2. The lowest BCUT2D eigenvalue weighted by molar-refractivity contribution is 0.463. The molecule has 4 nitrogen and oxygen atoms in total. The third-order valence-electron chi connectivity index (χ3n) is 4.28. The first-order chi connectivity index (χ1) is 11.8. The molecule has 1 aromatic carbocycles. The quantitative estimate of drug-likeness (QED) is 0.380. The summed E-state index contributed by atoms with van der Waals surface area (Å²) in [5.41, 5.74) is 1.08. The second-order valence-electron chi connectivity index (χ2n) is 5.87. The molecule has 1 aliphatic heterocycles. The van der Waals surface area contributed by atoms with Crippen LogP contribution in [0.5, 0.6) is 0 Å². The molecule has 7 heteroatoms. The molecule has 0 unspecified atom stereocenters. The van der Waals surface area contributed by atoms with Crippen LogP contribution in [-0.4, -0.2) is 32.1 Å². The maximum atomic E-state index is 6.20. The molecule has 0 aliphatic carbocycles. The normalized spacial score (nSPS) is 15.6. The average Bonchev–Trinajstić information content (AvgIpc) is 3.15. The topological polar surface area (TPSA) is 39.7 Å². The number of hydrogen-bond donors (Lipinski definition) is 2. The molecule has 1 aromatic heterocycles. The van der Waals surface area contributed by atoms with Crippen molar-refractivity contribution in [3.63, 3.8) is 0 Å². The number of piperidine rings is 1. The molecule has 2 heterocycles. The van der Waals surface area contributed by atoms with Crippen LogP contribution in [-0.2, 0) is 6.54 Å². The summed E-state index contributed by atoms with van der Waals surface area (Å²) in [6.07, 6.45) is 2.23. The van der Waals surface area contributed by atoms with Crippen molar-refractivity contribution in [1.82, 2.24) is 10.6 Å². The number of benzene rings is 1. The fourth-order valence-electron chi connectivity index (χ4n) is 2.90. The Balaban J connectivity index is 0.00000225. The van der Waals surface area contributed by atoms with E-state index in [2.05, 4.69) is 38.0 Å². The van der Waals surface area contributed by atoms with Gasteiger partial charge in [0.25, 0.3) is 0 Å². The predicted molar refractivity (Wildman–Crippen MR) is 120 cm³/mol. The van der Waals surface area contributed by atoms with Crippen LogP contribution >= 0.6 is 46.9 Å². The van der Waals surface area contributed by atoms with E-state index in [1.54, 1.807) is 0 Å². The van der Waals surface area contributed by atoms with E-state index in [4.69, 9.17) is 11.6 Å². The molecule has 0 spiro atoms. The minimum atomic E-state index is 0. The third-order valence-corrected chi connectivity index (χ3v) is 5.58. The maximum absolute atomic E-state index is 6.20. The molecule has 0 saturated carbocycles. The van der Waals surface area contributed by atoms with Crippen molar-refractivity contribution in [1.29, 1.82) is 0 Å². The van der Waals surface area contributed by atoms with E-state index in [0.717, 1.165) is 42.5 Å². The Morgan fingerprint density at radius 2 is 2.00 bits per heavy atom. The number of hydrogen-bond acceptors (Lipinski definition) is 3. The molecular formula is C18H24ClIN4S. The van der Waals surface area contributed by atoms with Gasteiger partial charge in [-0.25, -0.2) is 0 Å². The largest absolute Gasteiger partial charge is 0.363 e. The van der Waals surface area contributed by atoms with Crippen molar-refractivity contribution >= 4 is 57.9 Å². The SMILES string of the molecule is CN=C(NCc1ccccc1Cl)NC1CCN(c2cccs2)CC1.I. The second-order valence-corrected chi connectivity index (χ2v) is 7.21. The van der Waals surface area contributed by atoms with E-state index in [0.29, 0.717) is 12.6 Å². The zero-order valence-electron chi connectivity index (χ0n) is 14.2. The minimum absolute atomic E-state index is 0. The van der Waals surface area contributed by atoms with Crippen LogP contribution in [0.15, 0.2) is 46.8 Å². The van der Waals surface area contributed by atoms with E-state index >= 15 is 0 Å². The van der Waals surface area contributed by atoms with Gasteiger partial charge in [0.2, 0.25) is 0 Å². The number of nitrogens with zero attached hydrogens (tertiary/aromatic N) is 2. The zero-order chi connectivity index (χ0) is 16.8. The monoisotopic (exact) mass is 490 g/mol. The van der Waals surface area contributed by atoms with Crippen molar-refractivity contribution in [2.75, 3.05) is 25.0 Å². The summed E-state index contributed by atoms with van der Waals surface area (Å²) >= 11 is 8.02. The number of anilines is 1. The van der Waals surface area contributed by atoms with Gasteiger partial charge >= 0.3 is 0 Å². The van der Waals surface area contributed by atoms with Gasteiger partial charge in [0.15, 0.2) is 5.96 Å². The van der Waals surface area contributed by atoms with Gasteiger partial charge in [-0.15, -0.1) is 35.3 Å². The Kier molecular flexibility index (Phi) is 8.32. The lowest BCUT2D eigenvalue weighted by atomic mass is 10.1. The first-order valence-electron chi connectivity index (χ1n) is 8.25. The van der Waals surface area contributed by atoms with Gasteiger partial charge in [-0.3, -0.25) is 4.99 Å². The van der Waals surface area contributed by atoms with E-state index in [-0.39, 0.29) is 24.0 Å². The molecule has 0 bridgehead atoms. The lowest BCUT2D eigenvalue weighted by Gasteiger charge is -2.33. The summed E-state index contributed by atoms with van der Waals surface area (Å²) in [6, 6.07) is 12.7. The fraction of sp³-hybridized carbons (Fsp3) is 0.389. The number of guanidine groups is 1. The highest BCUT2D eigenvalue weighted by molar-refractivity contribution is 14.0. The summed E-state index contributed by atoms with van der Waals surface area (Å²) in [5.74, 6) is 0.837. The van der Waals surface area contributed by atoms with Crippen LogP contribution in [0, 0.1) is 0 Å². The summed E-state index contributed by atoms with van der Waals surface area (Å²) in [7, 11) is 1.81. The Morgan fingerprint density at radius 1 is 1.24 bits per heavy atom. The van der Waals surface area contributed by atoms with Gasteiger partial charge in [-0.05, 0) is 42.0 Å². The molecule has 2 N–H and O–H groups in total. The van der Waals surface area contributed by atoms with Gasteiger partial charge in [0.05, 0.1) is 5.00 Å². The van der Waals surface area contributed by atoms with E-state index in [1.165, 1.54) is 5.00 Å². The van der Waals surface area contributed by atoms with Crippen LogP contribution in [0.1, 0.15) is 18.4 Å². The van der Waals surface area contributed by atoms with Gasteiger partial charge in [-0.1, -0.05) is 29.8 Å². The molecule has 2 aromatic rings. The van der Waals surface area contributed by atoms with Crippen molar-refractivity contribution in [3.05, 3.63) is 52.4 Å². The summed E-state index contributed by atoms with van der Waals surface area (Å²) < 4.78 is 0. The highest BCUT2D eigenvalue weighted by atomic mass is 127. The average molecular weight is 491 g/mol. The summed E-state index contributed by atoms with van der Waals surface area (Å²) in [6.45, 7) is 2.84.